The summed E-state index contributed by atoms with van der Waals surface area (Å²) in [5.74, 6) is 0. The summed E-state index contributed by atoms with van der Waals surface area (Å²) in [6, 6.07) is 0. The predicted molar refractivity (Wildman–Crippen MR) is 36.0 cm³/mol. The van der Waals surface area contributed by atoms with E-state index in [2.05, 4.69) is 12.2 Å². The number of rotatable bonds is 4. The summed E-state index contributed by atoms with van der Waals surface area (Å²) in [7, 11) is 0. The van der Waals surface area contributed by atoms with Crippen LogP contribution in [0.3, 0.4) is 0 Å². The molecule has 1 atom stereocenters. The largest absolute Gasteiger partial charge is 0.316 e. The Bertz CT molecular complexity index is 43.8. The van der Waals surface area contributed by atoms with E-state index in [-0.39, 0.29) is 6.17 Å². The second kappa shape index (κ2) is 5.06. The van der Waals surface area contributed by atoms with Gasteiger partial charge in [0.05, 0.1) is 6.17 Å². The molecule has 0 spiro atoms. The molecule has 0 fully saturated rings. The van der Waals surface area contributed by atoms with Gasteiger partial charge in [-0.1, -0.05) is 13.3 Å². The molecule has 0 aromatic carbocycles. The molecule has 3 N–H and O–H groups in total. The van der Waals surface area contributed by atoms with E-state index in [0.717, 1.165) is 6.42 Å². The Hall–Kier alpha value is -0.0800. The second-order valence-corrected chi connectivity index (χ2v) is 1.95. The standard InChI is InChI=1S/C6H15N2/c1-3-4-5-8-6(2)7/h5-6,8H,3-4,7H2,1-2H3. The molecule has 2 nitrogen and oxygen atoms in total. The van der Waals surface area contributed by atoms with Crippen molar-refractivity contribution in [2.24, 2.45) is 5.73 Å². The van der Waals surface area contributed by atoms with Gasteiger partial charge in [-0.25, -0.2) is 0 Å². The van der Waals surface area contributed by atoms with Gasteiger partial charge in [-0.3, -0.25) is 5.32 Å². The Labute approximate surface area is 51.5 Å². The highest BCUT2D eigenvalue weighted by atomic mass is 15.0. The zero-order valence-corrected chi connectivity index (χ0v) is 5.65. The highest BCUT2D eigenvalue weighted by Crippen LogP contribution is 1.87. The van der Waals surface area contributed by atoms with Gasteiger partial charge in [0.1, 0.15) is 0 Å². The number of nitrogens with one attached hydrogen (secondary N) is 1. The van der Waals surface area contributed by atoms with Gasteiger partial charge >= 0.3 is 0 Å². The Morgan fingerprint density at radius 1 is 1.75 bits per heavy atom. The van der Waals surface area contributed by atoms with Gasteiger partial charge in [-0.15, -0.1) is 0 Å². The smallest absolute Gasteiger partial charge is 0.0519 e. The van der Waals surface area contributed by atoms with Crippen molar-refractivity contribution in [2.75, 3.05) is 0 Å². The maximum absolute atomic E-state index is 5.39. The summed E-state index contributed by atoms with van der Waals surface area (Å²) < 4.78 is 0. The van der Waals surface area contributed by atoms with E-state index in [0.29, 0.717) is 0 Å². The Morgan fingerprint density at radius 2 is 2.38 bits per heavy atom. The van der Waals surface area contributed by atoms with Crippen molar-refractivity contribution in [1.82, 2.24) is 5.32 Å². The molecule has 0 saturated heterocycles. The van der Waals surface area contributed by atoms with Crippen molar-refractivity contribution >= 4 is 0 Å². The second-order valence-electron chi connectivity index (χ2n) is 1.95. The lowest BCUT2D eigenvalue weighted by atomic mass is 10.3. The van der Waals surface area contributed by atoms with Crippen LogP contribution in [0.25, 0.3) is 0 Å². The molecule has 0 aliphatic carbocycles. The van der Waals surface area contributed by atoms with Gasteiger partial charge in [0.2, 0.25) is 0 Å². The predicted octanol–water partition coefficient (Wildman–Crippen LogP) is 0.843. The minimum Gasteiger partial charge on any atom is -0.316 e. The van der Waals surface area contributed by atoms with E-state index in [1.54, 1.807) is 0 Å². The number of hydrogen-bond donors (Lipinski definition) is 2. The SMILES string of the molecule is CCC[CH]NC(C)N. The monoisotopic (exact) mass is 115 g/mol. The van der Waals surface area contributed by atoms with Crippen LogP contribution in [-0.4, -0.2) is 6.17 Å². The molecule has 0 aliphatic heterocycles. The average Bonchev–Trinajstić information content (AvgIpc) is 1.66. The van der Waals surface area contributed by atoms with Crippen LogP contribution in [0.2, 0.25) is 0 Å². The lowest BCUT2D eigenvalue weighted by Crippen LogP contribution is -2.31. The zero-order valence-electron chi connectivity index (χ0n) is 5.65. The molecule has 2 heteroatoms. The molecule has 0 aromatic rings. The van der Waals surface area contributed by atoms with Gasteiger partial charge in [0, 0.05) is 6.54 Å². The minimum atomic E-state index is 0.0987. The molecular formula is C6H15N2. The Kier molecular flexibility index (Phi) is 5.01. The third kappa shape index (κ3) is 5.92. The van der Waals surface area contributed by atoms with Crippen LogP contribution in [0, 0.1) is 6.54 Å². The zero-order chi connectivity index (χ0) is 6.41. The summed E-state index contributed by atoms with van der Waals surface area (Å²) in [6.07, 6.45) is 2.38. The van der Waals surface area contributed by atoms with Gasteiger partial charge in [0.15, 0.2) is 0 Å². The number of unbranched alkanes of at least 4 members (excludes halogenated alkanes) is 1. The van der Waals surface area contributed by atoms with Crippen LogP contribution < -0.4 is 11.1 Å². The maximum Gasteiger partial charge on any atom is 0.0519 e. The van der Waals surface area contributed by atoms with Crippen molar-refractivity contribution in [3.63, 3.8) is 0 Å². The van der Waals surface area contributed by atoms with Crippen molar-refractivity contribution in [1.29, 1.82) is 0 Å². The van der Waals surface area contributed by atoms with E-state index >= 15 is 0 Å². The van der Waals surface area contributed by atoms with E-state index in [1.807, 2.05) is 13.5 Å². The Morgan fingerprint density at radius 3 is 2.75 bits per heavy atom. The van der Waals surface area contributed by atoms with E-state index in [9.17, 15) is 0 Å². The summed E-state index contributed by atoms with van der Waals surface area (Å²) >= 11 is 0. The number of hydrogen-bond acceptors (Lipinski definition) is 2. The third-order valence-electron chi connectivity index (χ3n) is 0.814. The van der Waals surface area contributed by atoms with Crippen molar-refractivity contribution in [2.45, 2.75) is 32.9 Å². The quantitative estimate of drug-likeness (QED) is 0.421. The molecule has 49 valence electrons. The first-order chi connectivity index (χ1) is 3.77. The van der Waals surface area contributed by atoms with Crippen LogP contribution in [-0.2, 0) is 0 Å². The van der Waals surface area contributed by atoms with Crippen LogP contribution in [0.5, 0.6) is 0 Å². The van der Waals surface area contributed by atoms with Gasteiger partial charge in [-0.05, 0) is 13.3 Å². The Balaban J connectivity index is 2.72. The molecular weight excluding hydrogens is 100 g/mol. The van der Waals surface area contributed by atoms with Crippen LogP contribution >= 0.6 is 0 Å². The van der Waals surface area contributed by atoms with E-state index in [4.69, 9.17) is 5.73 Å². The van der Waals surface area contributed by atoms with Crippen molar-refractivity contribution in [3.8, 4) is 0 Å². The first-order valence-electron chi connectivity index (χ1n) is 3.10. The molecule has 0 amide bonds. The average molecular weight is 115 g/mol. The molecule has 1 radical (unpaired) electrons. The van der Waals surface area contributed by atoms with Crippen LogP contribution in [0.1, 0.15) is 26.7 Å². The van der Waals surface area contributed by atoms with Crippen LogP contribution in [0.15, 0.2) is 0 Å². The first-order valence-corrected chi connectivity index (χ1v) is 3.10. The lowest BCUT2D eigenvalue weighted by molar-refractivity contribution is 0.607. The molecule has 0 heterocycles. The van der Waals surface area contributed by atoms with Gasteiger partial charge < -0.3 is 5.73 Å². The highest BCUT2D eigenvalue weighted by Gasteiger charge is 1.88. The van der Waals surface area contributed by atoms with Crippen molar-refractivity contribution in [3.05, 3.63) is 6.54 Å². The van der Waals surface area contributed by atoms with Crippen molar-refractivity contribution < 1.29 is 0 Å². The lowest BCUT2D eigenvalue weighted by Gasteiger charge is -2.04. The molecule has 0 bridgehead atoms. The molecule has 0 aliphatic rings. The fraction of sp³-hybridized carbons (Fsp3) is 0.833. The normalized spacial score (nSPS) is 13.9. The summed E-state index contributed by atoms with van der Waals surface area (Å²) in [4.78, 5) is 0. The molecule has 8 heavy (non-hydrogen) atoms. The van der Waals surface area contributed by atoms with Gasteiger partial charge in [-0.2, -0.15) is 0 Å². The topological polar surface area (TPSA) is 38.0 Å². The molecule has 0 rings (SSSR count). The third-order valence-corrected chi connectivity index (χ3v) is 0.814. The van der Waals surface area contributed by atoms with Gasteiger partial charge in [0.25, 0.3) is 0 Å². The van der Waals surface area contributed by atoms with E-state index in [1.165, 1.54) is 6.42 Å². The maximum atomic E-state index is 5.39. The first kappa shape index (κ1) is 7.92. The minimum absolute atomic E-state index is 0.0987. The highest BCUT2D eigenvalue weighted by molar-refractivity contribution is 4.62. The summed E-state index contributed by atoms with van der Waals surface area (Å²) in [5, 5.41) is 3.00. The fourth-order valence-electron chi connectivity index (χ4n) is 0.414. The summed E-state index contributed by atoms with van der Waals surface area (Å²) in [6.45, 7) is 6.07. The molecule has 0 saturated carbocycles. The van der Waals surface area contributed by atoms with Crippen LogP contribution in [0.4, 0.5) is 0 Å². The number of nitrogens with two attached hydrogens (primary N) is 1. The molecule has 1 unspecified atom stereocenters. The fourth-order valence-corrected chi connectivity index (χ4v) is 0.414. The summed E-state index contributed by atoms with van der Waals surface area (Å²) in [5.41, 5.74) is 5.39. The molecule has 0 aromatic heterocycles. The van der Waals surface area contributed by atoms with E-state index < -0.39 is 0 Å².